The Bertz CT molecular complexity index is 917. The minimum absolute atomic E-state index is 0.187. The van der Waals surface area contributed by atoms with Crippen LogP contribution in [-0.2, 0) is 14.8 Å². The first-order chi connectivity index (χ1) is 13.4. The van der Waals surface area contributed by atoms with Gasteiger partial charge in [0.15, 0.2) is 0 Å². The van der Waals surface area contributed by atoms with Crippen molar-refractivity contribution in [2.24, 2.45) is 0 Å². The van der Waals surface area contributed by atoms with Crippen molar-refractivity contribution in [1.82, 2.24) is 9.21 Å². The Labute approximate surface area is 166 Å². The first-order valence-corrected chi connectivity index (χ1v) is 10.7. The van der Waals surface area contributed by atoms with E-state index in [0.717, 1.165) is 12.1 Å². The summed E-state index contributed by atoms with van der Waals surface area (Å²) in [7, 11) is -3.52. The van der Waals surface area contributed by atoms with Crippen molar-refractivity contribution in [2.45, 2.75) is 11.8 Å². The maximum Gasteiger partial charge on any atom is 0.243 e. The van der Waals surface area contributed by atoms with Gasteiger partial charge in [0.2, 0.25) is 15.9 Å². The van der Waals surface area contributed by atoms with E-state index in [-0.39, 0.29) is 10.8 Å². The molecule has 0 spiro atoms. The van der Waals surface area contributed by atoms with E-state index in [9.17, 15) is 13.2 Å². The van der Waals surface area contributed by atoms with Gasteiger partial charge in [0, 0.05) is 45.3 Å². The van der Waals surface area contributed by atoms with Crippen molar-refractivity contribution < 1.29 is 13.2 Å². The van der Waals surface area contributed by atoms with Crippen LogP contribution in [0.15, 0.2) is 65.6 Å². The lowest BCUT2D eigenvalue weighted by Crippen LogP contribution is -2.48. The fourth-order valence-electron chi connectivity index (χ4n) is 3.12. The Morgan fingerprint density at radius 1 is 1.00 bits per heavy atom. The number of carbonyl (C=O) groups is 1. The molecule has 3 rings (SSSR count). The summed E-state index contributed by atoms with van der Waals surface area (Å²) in [6.07, 6.45) is 4.19. The number of nitrogens with one attached hydrogen (secondary N) is 1. The van der Waals surface area contributed by atoms with Crippen molar-refractivity contribution in [3.8, 4) is 0 Å². The Morgan fingerprint density at radius 2 is 1.64 bits per heavy atom. The SMILES string of the molecule is CC(=O)Nc1ccc(S(=O)(=O)N2CCN(C/C=C\c3ccccc3)CC2)cc1. The van der Waals surface area contributed by atoms with E-state index in [0.29, 0.717) is 31.9 Å². The van der Waals surface area contributed by atoms with Gasteiger partial charge in [-0.2, -0.15) is 4.31 Å². The molecule has 0 aromatic heterocycles. The van der Waals surface area contributed by atoms with Crippen LogP contribution in [-0.4, -0.2) is 56.3 Å². The lowest BCUT2D eigenvalue weighted by atomic mass is 10.2. The predicted octanol–water partition coefficient (Wildman–Crippen LogP) is 2.66. The highest BCUT2D eigenvalue weighted by Gasteiger charge is 2.28. The fourth-order valence-corrected chi connectivity index (χ4v) is 4.54. The molecule has 0 saturated carbocycles. The highest BCUT2D eigenvalue weighted by molar-refractivity contribution is 7.89. The second kappa shape index (κ2) is 9.14. The number of piperazine rings is 1. The van der Waals surface area contributed by atoms with Gasteiger partial charge in [0.05, 0.1) is 4.90 Å². The molecule has 2 aromatic rings. The zero-order valence-corrected chi connectivity index (χ0v) is 16.7. The number of hydrogen-bond donors (Lipinski definition) is 1. The number of hydrogen-bond acceptors (Lipinski definition) is 4. The van der Waals surface area contributed by atoms with Gasteiger partial charge in [-0.15, -0.1) is 0 Å². The minimum Gasteiger partial charge on any atom is -0.326 e. The van der Waals surface area contributed by atoms with Gasteiger partial charge in [-0.1, -0.05) is 42.5 Å². The molecule has 1 fully saturated rings. The van der Waals surface area contributed by atoms with Crippen LogP contribution in [0, 0.1) is 0 Å². The summed E-state index contributed by atoms with van der Waals surface area (Å²) in [5, 5.41) is 2.64. The third-order valence-corrected chi connectivity index (χ3v) is 6.53. The summed E-state index contributed by atoms with van der Waals surface area (Å²) in [5.74, 6) is -0.187. The van der Waals surface area contributed by atoms with Gasteiger partial charge < -0.3 is 5.32 Å². The molecule has 1 aliphatic rings. The van der Waals surface area contributed by atoms with Gasteiger partial charge in [-0.3, -0.25) is 9.69 Å². The maximum atomic E-state index is 12.8. The Morgan fingerprint density at radius 3 is 2.25 bits per heavy atom. The van der Waals surface area contributed by atoms with Gasteiger partial charge in [-0.05, 0) is 29.8 Å². The van der Waals surface area contributed by atoms with Crippen LogP contribution in [0.1, 0.15) is 12.5 Å². The van der Waals surface area contributed by atoms with E-state index in [2.05, 4.69) is 34.5 Å². The molecule has 148 valence electrons. The normalized spacial score (nSPS) is 16.3. The number of anilines is 1. The van der Waals surface area contributed by atoms with Crippen molar-refractivity contribution >= 4 is 27.7 Å². The van der Waals surface area contributed by atoms with Gasteiger partial charge in [0.25, 0.3) is 0 Å². The number of rotatable bonds is 6. The summed E-state index contributed by atoms with van der Waals surface area (Å²) < 4.78 is 27.2. The van der Waals surface area contributed by atoms with Crippen LogP contribution >= 0.6 is 0 Å². The first-order valence-electron chi connectivity index (χ1n) is 9.27. The molecule has 0 radical (unpaired) electrons. The molecule has 1 amide bonds. The second-order valence-electron chi connectivity index (χ2n) is 6.72. The second-order valence-corrected chi connectivity index (χ2v) is 8.66. The topological polar surface area (TPSA) is 69.7 Å². The number of amides is 1. The van der Waals surface area contributed by atoms with Gasteiger partial charge >= 0.3 is 0 Å². The molecule has 6 nitrogen and oxygen atoms in total. The molecule has 1 N–H and O–H groups in total. The zero-order valence-electron chi connectivity index (χ0n) is 15.9. The third kappa shape index (κ3) is 5.28. The Kier molecular flexibility index (Phi) is 6.61. The van der Waals surface area contributed by atoms with Crippen LogP contribution < -0.4 is 5.32 Å². The molecule has 0 atom stereocenters. The standard InChI is InChI=1S/C21H25N3O3S/c1-18(25)22-20-9-11-21(12-10-20)28(26,27)24-16-14-23(15-17-24)13-5-8-19-6-3-2-4-7-19/h2-12H,13-17H2,1H3,(H,22,25)/b8-5-. The van der Waals surface area contributed by atoms with Crippen LogP contribution in [0.2, 0.25) is 0 Å². The third-order valence-electron chi connectivity index (χ3n) is 4.62. The smallest absolute Gasteiger partial charge is 0.243 e. The molecule has 1 heterocycles. The van der Waals surface area contributed by atoms with E-state index >= 15 is 0 Å². The lowest BCUT2D eigenvalue weighted by Gasteiger charge is -2.33. The van der Waals surface area contributed by atoms with Crippen molar-refractivity contribution in [1.29, 1.82) is 0 Å². The Hall–Kier alpha value is -2.48. The molecule has 0 unspecified atom stereocenters. The van der Waals surface area contributed by atoms with Crippen LogP contribution in [0.25, 0.3) is 6.08 Å². The number of carbonyl (C=O) groups excluding carboxylic acids is 1. The van der Waals surface area contributed by atoms with Crippen LogP contribution in [0.3, 0.4) is 0 Å². The first kappa shape index (κ1) is 20.3. The minimum atomic E-state index is -3.52. The summed E-state index contributed by atoms with van der Waals surface area (Å²) in [5.41, 5.74) is 1.74. The largest absolute Gasteiger partial charge is 0.326 e. The van der Waals surface area contributed by atoms with Crippen molar-refractivity contribution in [2.75, 3.05) is 38.0 Å². The van der Waals surface area contributed by atoms with E-state index in [1.807, 2.05) is 18.2 Å². The quantitative estimate of drug-likeness (QED) is 0.811. The molecule has 1 aliphatic heterocycles. The molecule has 7 heteroatoms. The molecule has 1 saturated heterocycles. The number of nitrogens with zero attached hydrogens (tertiary/aromatic N) is 2. The van der Waals surface area contributed by atoms with Crippen molar-refractivity contribution in [3.63, 3.8) is 0 Å². The monoisotopic (exact) mass is 399 g/mol. The highest BCUT2D eigenvalue weighted by atomic mass is 32.2. The molecule has 28 heavy (non-hydrogen) atoms. The average molecular weight is 400 g/mol. The van der Waals surface area contributed by atoms with E-state index in [4.69, 9.17) is 0 Å². The number of benzene rings is 2. The zero-order chi connectivity index (χ0) is 20.0. The van der Waals surface area contributed by atoms with Crippen molar-refractivity contribution in [3.05, 3.63) is 66.2 Å². The predicted molar refractivity (Wildman–Crippen MR) is 111 cm³/mol. The van der Waals surface area contributed by atoms with E-state index in [1.54, 1.807) is 12.1 Å². The summed E-state index contributed by atoms with van der Waals surface area (Å²) in [6, 6.07) is 16.4. The summed E-state index contributed by atoms with van der Waals surface area (Å²) in [6.45, 7) is 4.54. The number of sulfonamides is 1. The molecule has 0 aliphatic carbocycles. The van der Waals surface area contributed by atoms with Gasteiger partial charge in [-0.25, -0.2) is 8.42 Å². The lowest BCUT2D eigenvalue weighted by molar-refractivity contribution is -0.114. The van der Waals surface area contributed by atoms with Crippen LogP contribution in [0.5, 0.6) is 0 Å². The molecule has 0 bridgehead atoms. The molecule has 2 aromatic carbocycles. The highest BCUT2D eigenvalue weighted by Crippen LogP contribution is 2.20. The Balaban J connectivity index is 1.54. The van der Waals surface area contributed by atoms with E-state index in [1.165, 1.54) is 23.4 Å². The summed E-state index contributed by atoms with van der Waals surface area (Å²) >= 11 is 0. The van der Waals surface area contributed by atoms with E-state index < -0.39 is 10.0 Å². The van der Waals surface area contributed by atoms with Gasteiger partial charge in [0.1, 0.15) is 0 Å². The molecular weight excluding hydrogens is 374 g/mol. The fraction of sp³-hybridized carbons (Fsp3) is 0.286. The maximum absolute atomic E-state index is 12.8. The van der Waals surface area contributed by atoms with Crippen LogP contribution in [0.4, 0.5) is 5.69 Å². The molecular formula is C21H25N3O3S. The summed E-state index contributed by atoms with van der Waals surface area (Å²) in [4.78, 5) is 13.6. The average Bonchev–Trinajstić information content (AvgIpc) is 2.69.